The number of carbonyl (C=O) groups is 1. The molecule has 5 rings (SSSR count). The van der Waals surface area contributed by atoms with Crippen molar-refractivity contribution >= 4 is 22.6 Å². The van der Waals surface area contributed by atoms with Gasteiger partial charge in [-0.25, -0.2) is 0 Å². The molecular formula is C22H20N6O. The van der Waals surface area contributed by atoms with Gasteiger partial charge in [0.05, 0.1) is 11.3 Å². The molecule has 7 nitrogen and oxygen atoms in total. The summed E-state index contributed by atoms with van der Waals surface area (Å²) in [5.74, 6) is 0.906. The van der Waals surface area contributed by atoms with Crippen LogP contribution in [0.4, 0.5) is 5.82 Å². The summed E-state index contributed by atoms with van der Waals surface area (Å²) in [6, 6.07) is 15.7. The molecule has 4 heterocycles. The Morgan fingerprint density at radius 1 is 0.897 bits per heavy atom. The van der Waals surface area contributed by atoms with Crippen molar-refractivity contribution in [3.8, 4) is 11.3 Å². The predicted octanol–water partition coefficient (Wildman–Crippen LogP) is 2.98. The number of rotatable bonds is 3. The number of H-pyrrole nitrogens is 1. The van der Waals surface area contributed by atoms with Crippen molar-refractivity contribution < 1.29 is 4.79 Å². The molecular weight excluding hydrogens is 364 g/mol. The van der Waals surface area contributed by atoms with Crippen LogP contribution in [0.25, 0.3) is 22.2 Å². The molecule has 0 radical (unpaired) electrons. The number of aromatic amines is 1. The number of amides is 1. The van der Waals surface area contributed by atoms with Crippen LogP contribution in [0.1, 0.15) is 10.4 Å². The van der Waals surface area contributed by atoms with Crippen molar-refractivity contribution in [2.45, 2.75) is 0 Å². The average molecular weight is 384 g/mol. The third-order valence-corrected chi connectivity index (χ3v) is 5.34. The van der Waals surface area contributed by atoms with E-state index in [-0.39, 0.29) is 5.91 Å². The molecule has 7 heteroatoms. The molecule has 1 aromatic carbocycles. The molecule has 0 aliphatic carbocycles. The normalized spacial score (nSPS) is 14.3. The molecule has 0 unspecified atom stereocenters. The quantitative estimate of drug-likeness (QED) is 0.588. The number of carbonyl (C=O) groups excluding carboxylic acids is 1. The van der Waals surface area contributed by atoms with E-state index in [0.717, 1.165) is 46.6 Å². The third-order valence-electron chi connectivity index (χ3n) is 5.34. The molecule has 0 saturated carbocycles. The van der Waals surface area contributed by atoms with Crippen LogP contribution in [0.3, 0.4) is 0 Å². The molecule has 3 aromatic heterocycles. The minimum absolute atomic E-state index is 0.0706. The van der Waals surface area contributed by atoms with Crippen molar-refractivity contribution in [3.05, 3.63) is 72.7 Å². The number of piperazine rings is 1. The maximum absolute atomic E-state index is 13.0. The summed E-state index contributed by atoms with van der Waals surface area (Å²) < 4.78 is 0. The molecule has 0 bridgehead atoms. The van der Waals surface area contributed by atoms with Gasteiger partial charge in [-0.1, -0.05) is 18.2 Å². The number of hydrogen-bond acceptors (Lipinski definition) is 5. The SMILES string of the molecule is O=C(c1c[nH]c2ccccc12)N1CCN(c2ccc(-c3ccncc3)nn2)CC1. The zero-order valence-electron chi connectivity index (χ0n) is 15.8. The Morgan fingerprint density at radius 3 is 2.45 bits per heavy atom. The summed E-state index contributed by atoms with van der Waals surface area (Å²) in [5.41, 5.74) is 3.53. The Bertz CT molecular complexity index is 1130. The summed E-state index contributed by atoms with van der Waals surface area (Å²) in [5, 5.41) is 9.71. The van der Waals surface area contributed by atoms with Gasteiger partial charge in [-0.05, 0) is 30.3 Å². The highest BCUT2D eigenvalue weighted by molar-refractivity contribution is 6.06. The fraction of sp³-hybridized carbons (Fsp3) is 0.182. The summed E-state index contributed by atoms with van der Waals surface area (Å²) in [7, 11) is 0. The maximum Gasteiger partial charge on any atom is 0.256 e. The first-order valence-electron chi connectivity index (χ1n) is 9.64. The van der Waals surface area contributed by atoms with E-state index in [2.05, 4.69) is 25.1 Å². The summed E-state index contributed by atoms with van der Waals surface area (Å²) >= 11 is 0. The Balaban J connectivity index is 1.26. The van der Waals surface area contributed by atoms with E-state index in [1.807, 2.05) is 59.6 Å². The van der Waals surface area contributed by atoms with Gasteiger partial charge >= 0.3 is 0 Å². The highest BCUT2D eigenvalue weighted by atomic mass is 16.2. The van der Waals surface area contributed by atoms with Crippen molar-refractivity contribution in [2.75, 3.05) is 31.1 Å². The second kappa shape index (κ2) is 7.35. The minimum atomic E-state index is 0.0706. The van der Waals surface area contributed by atoms with Crippen molar-refractivity contribution in [1.82, 2.24) is 25.1 Å². The summed E-state index contributed by atoms with van der Waals surface area (Å²) in [6.07, 6.45) is 5.30. The molecule has 29 heavy (non-hydrogen) atoms. The molecule has 4 aromatic rings. The Kier molecular flexibility index (Phi) is 4.40. The van der Waals surface area contributed by atoms with Crippen molar-refractivity contribution in [3.63, 3.8) is 0 Å². The van der Waals surface area contributed by atoms with Gasteiger partial charge in [0.1, 0.15) is 0 Å². The van der Waals surface area contributed by atoms with Gasteiger partial charge in [0.15, 0.2) is 5.82 Å². The highest BCUT2D eigenvalue weighted by Gasteiger charge is 2.24. The fourth-order valence-corrected chi connectivity index (χ4v) is 3.73. The molecule has 1 aliphatic rings. The van der Waals surface area contributed by atoms with Crippen LogP contribution in [0, 0.1) is 0 Å². The van der Waals surface area contributed by atoms with Crippen molar-refractivity contribution in [1.29, 1.82) is 0 Å². The van der Waals surface area contributed by atoms with Crippen molar-refractivity contribution in [2.24, 2.45) is 0 Å². The van der Waals surface area contributed by atoms with Crippen LogP contribution >= 0.6 is 0 Å². The standard InChI is InChI=1S/C22H20N6O/c29-22(18-15-24-20-4-2-1-3-17(18)20)28-13-11-27(12-14-28)21-6-5-19(25-26-21)16-7-9-23-10-8-16/h1-10,15,24H,11-14H2. The maximum atomic E-state index is 13.0. The Labute approximate surface area is 168 Å². The van der Waals surface area contributed by atoms with Crippen LogP contribution in [0.5, 0.6) is 0 Å². The number of nitrogens with zero attached hydrogens (tertiary/aromatic N) is 5. The molecule has 1 fully saturated rings. The van der Waals surface area contributed by atoms with Gasteiger partial charge in [-0.2, -0.15) is 0 Å². The van der Waals surface area contributed by atoms with Gasteiger partial charge in [-0.3, -0.25) is 9.78 Å². The number of hydrogen-bond donors (Lipinski definition) is 1. The molecule has 0 atom stereocenters. The number of fused-ring (bicyclic) bond motifs is 1. The predicted molar refractivity (Wildman–Crippen MR) is 112 cm³/mol. The monoisotopic (exact) mass is 384 g/mol. The second-order valence-corrected chi connectivity index (χ2v) is 7.04. The lowest BCUT2D eigenvalue weighted by Gasteiger charge is -2.35. The number of para-hydroxylation sites is 1. The molecule has 144 valence electrons. The lowest BCUT2D eigenvalue weighted by Crippen LogP contribution is -2.49. The van der Waals surface area contributed by atoms with Crippen LogP contribution in [-0.4, -0.2) is 57.2 Å². The first-order chi connectivity index (χ1) is 14.3. The largest absolute Gasteiger partial charge is 0.360 e. The third kappa shape index (κ3) is 3.31. The van der Waals surface area contributed by atoms with Crippen LogP contribution in [0.2, 0.25) is 0 Å². The van der Waals surface area contributed by atoms with E-state index in [0.29, 0.717) is 13.1 Å². The minimum Gasteiger partial charge on any atom is -0.360 e. The number of aromatic nitrogens is 4. The van der Waals surface area contributed by atoms with E-state index < -0.39 is 0 Å². The lowest BCUT2D eigenvalue weighted by atomic mass is 10.1. The van der Waals surface area contributed by atoms with Crippen LogP contribution in [-0.2, 0) is 0 Å². The molecule has 1 N–H and O–H groups in total. The molecule has 1 aliphatic heterocycles. The fourth-order valence-electron chi connectivity index (χ4n) is 3.73. The van der Waals surface area contributed by atoms with Gasteiger partial charge in [0, 0.05) is 61.2 Å². The smallest absolute Gasteiger partial charge is 0.256 e. The van der Waals surface area contributed by atoms with Gasteiger partial charge in [-0.15, -0.1) is 10.2 Å². The summed E-state index contributed by atoms with van der Waals surface area (Å²) in [6.45, 7) is 2.78. The number of pyridine rings is 1. The number of benzene rings is 1. The van der Waals surface area contributed by atoms with E-state index in [1.165, 1.54) is 0 Å². The van der Waals surface area contributed by atoms with E-state index in [1.54, 1.807) is 12.4 Å². The number of anilines is 1. The first-order valence-corrected chi connectivity index (χ1v) is 9.64. The van der Waals surface area contributed by atoms with Crippen LogP contribution < -0.4 is 4.90 Å². The zero-order chi connectivity index (χ0) is 19.6. The number of nitrogens with one attached hydrogen (secondary N) is 1. The van der Waals surface area contributed by atoms with Gasteiger partial charge in [0.2, 0.25) is 0 Å². The zero-order valence-corrected chi connectivity index (χ0v) is 15.8. The summed E-state index contributed by atoms with van der Waals surface area (Å²) in [4.78, 5) is 24.3. The van der Waals surface area contributed by atoms with Gasteiger partial charge in [0.25, 0.3) is 5.91 Å². The van der Waals surface area contributed by atoms with E-state index in [9.17, 15) is 4.79 Å². The van der Waals surface area contributed by atoms with E-state index in [4.69, 9.17) is 0 Å². The van der Waals surface area contributed by atoms with E-state index >= 15 is 0 Å². The molecule has 0 spiro atoms. The first kappa shape index (κ1) is 17.4. The Hall–Kier alpha value is -3.74. The lowest BCUT2D eigenvalue weighted by molar-refractivity contribution is 0.0748. The molecule has 1 amide bonds. The topological polar surface area (TPSA) is 78.0 Å². The van der Waals surface area contributed by atoms with Gasteiger partial charge < -0.3 is 14.8 Å². The molecule has 1 saturated heterocycles. The Morgan fingerprint density at radius 2 is 1.69 bits per heavy atom. The average Bonchev–Trinajstić information content (AvgIpc) is 3.24. The second-order valence-electron chi connectivity index (χ2n) is 7.04. The van der Waals surface area contributed by atoms with Crippen LogP contribution in [0.15, 0.2) is 67.1 Å². The highest BCUT2D eigenvalue weighted by Crippen LogP contribution is 2.22.